The van der Waals surface area contributed by atoms with Crippen LogP contribution >= 0.6 is 11.6 Å². The zero-order valence-corrected chi connectivity index (χ0v) is 27.7. The quantitative estimate of drug-likeness (QED) is 0.189. The van der Waals surface area contributed by atoms with Gasteiger partial charge in [0.25, 0.3) is 5.91 Å². The summed E-state index contributed by atoms with van der Waals surface area (Å²) in [5.41, 5.74) is 11.6. The maximum atomic E-state index is 13.8. The SMILES string of the molecule is O=C1NC2(C=C(c3ccccc3)c3c(-c4c(C(c5ccccc5)c5ccccc5)[nH]c5ccccc45)c4ccc(Cl)cc4n32)c2ccccc21. The largest absolute Gasteiger partial charge is 0.357 e. The van der Waals surface area contributed by atoms with Gasteiger partial charge in [-0.2, -0.15) is 0 Å². The van der Waals surface area contributed by atoms with Crippen LogP contribution in [0.25, 0.3) is 38.5 Å². The van der Waals surface area contributed by atoms with Crippen LogP contribution < -0.4 is 5.32 Å². The van der Waals surface area contributed by atoms with Crippen molar-refractivity contribution in [3.05, 3.63) is 208 Å². The maximum absolute atomic E-state index is 13.8. The number of benzene rings is 6. The molecule has 0 bridgehead atoms. The highest BCUT2D eigenvalue weighted by Gasteiger charge is 2.50. The van der Waals surface area contributed by atoms with Crippen molar-refractivity contribution in [2.75, 3.05) is 0 Å². The molecule has 2 aliphatic rings. The number of carbonyl (C=O) groups is 1. The number of para-hydroxylation sites is 1. The number of rotatable bonds is 5. The van der Waals surface area contributed by atoms with Crippen molar-refractivity contribution < 1.29 is 4.79 Å². The van der Waals surface area contributed by atoms with Crippen LogP contribution in [0.1, 0.15) is 49.9 Å². The summed E-state index contributed by atoms with van der Waals surface area (Å²) < 4.78 is 2.32. The monoisotopic (exact) mass is 663 g/mol. The van der Waals surface area contributed by atoms with Crippen molar-refractivity contribution in [2.24, 2.45) is 0 Å². The summed E-state index contributed by atoms with van der Waals surface area (Å²) in [4.78, 5) is 17.7. The smallest absolute Gasteiger partial charge is 0.254 e. The van der Waals surface area contributed by atoms with Crippen LogP contribution in [0.3, 0.4) is 0 Å². The Morgan fingerprint density at radius 1 is 0.640 bits per heavy atom. The number of carbonyl (C=O) groups excluding carboxylic acids is 1. The Balaban J connectivity index is 1.38. The first-order valence-electron chi connectivity index (χ1n) is 16.9. The van der Waals surface area contributed by atoms with Gasteiger partial charge >= 0.3 is 0 Å². The molecule has 1 unspecified atom stereocenters. The number of nitrogens with zero attached hydrogens (tertiary/aromatic N) is 1. The number of hydrogen-bond acceptors (Lipinski definition) is 1. The molecule has 0 fully saturated rings. The number of aromatic nitrogens is 2. The summed E-state index contributed by atoms with van der Waals surface area (Å²) in [6, 6.07) is 54.6. The lowest BCUT2D eigenvalue weighted by Crippen LogP contribution is -2.42. The van der Waals surface area contributed by atoms with Crippen LogP contribution in [0.2, 0.25) is 5.02 Å². The van der Waals surface area contributed by atoms with E-state index in [1.807, 2.05) is 36.4 Å². The van der Waals surface area contributed by atoms with Crippen LogP contribution in [-0.2, 0) is 5.66 Å². The number of nitrogens with one attached hydrogen (secondary N) is 2. The Morgan fingerprint density at radius 2 is 1.28 bits per heavy atom. The Labute approximate surface area is 294 Å². The van der Waals surface area contributed by atoms with Crippen molar-refractivity contribution in [3.63, 3.8) is 0 Å². The fraction of sp³-hybridized carbons (Fsp3) is 0.0444. The molecule has 8 aromatic rings. The number of H-pyrrole nitrogens is 1. The van der Waals surface area contributed by atoms with E-state index >= 15 is 0 Å². The second-order valence-corrected chi connectivity index (χ2v) is 13.6. The van der Waals surface area contributed by atoms with Gasteiger partial charge in [-0.25, -0.2) is 0 Å². The van der Waals surface area contributed by atoms with Crippen LogP contribution in [0, 0.1) is 0 Å². The third-order valence-electron chi connectivity index (χ3n) is 10.4. The summed E-state index contributed by atoms with van der Waals surface area (Å²) in [6.07, 6.45) is 2.24. The molecule has 1 amide bonds. The standard InChI is InChI=1S/C45H30ClN3O/c46-31-24-25-34-38(26-31)49-43(35(28-14-4-1-5-15-28)27-45(49)36-22-12-10-20-32(36)44(50)48-45)41(34)40-33-21-11-13-23-37(33)47-42(40)39(29-16-6-2-7-17-29)30-18-8-3-9-19-30/h1-27,39,47H,(H,48,50). The van der Waals surface area contributed by atoms with Gasteiger partial charge < -0.3 is 14.9 Å². The van der Waals surface area contributed by atoms with Gasteiger partial charge in [-0.3, -0.25) is 4.79 Å². The Morgan fingerprint density at radius 3 is 2.02 bits per heavy atom. The molecular formula is C45H30ClN3O. The minimum atomic E-state index is -0.945. The third-order valence-corrected chi connectivity index (χ3v) is 10.6. The van der Waals surface area contributed by atoms with E-state index < -0.39 is 5.66 Å². The van der Waals surface area contributed by atoms with Crippen LogP contribution in [0.5, 0.6) is 0 Å². The molecular weight excluding hydrogens is 634 g/mol. The second-order valence-electron chi connectivity index (χ2n) is 13.1. The summed E-state index contributed by atoms with van der Waals surface area (Å²) in [7, 11) is 0. The van der Waals surface area contributed by atoms with Crippen molar-refractivity contribution in [1.82, 2.24) is 14.9 Å². The molecule has 2 N–H and O–H groups in total. The summed E-state index contributed by atoms with van der Waals surface area (Å²) >= 11 is 6.84. The first-order chi connectivity index (χ1) is 24.6. The molecule has 4 nitrogen and oxygen atoms in total. The average Bonchev–Trinajstić information content (AvgIpc) is 3.88. The van der Waals surface area contributed by atoms with E-state index in [9.17, 15) is 4.79 Å². The van der Waals surface area contributed by atoms with E-state index in [-0.39, 0.29) is 11.8 Å². The molecule has 50 heavy (non-hydrogen) atoms. The Kier molecular flexibility index (Phi) is 6.33. The zero-order valence-electron chi connectivity index (χ0n) is 26.9. The zero-order chi connectivity index (χ0) is 33.4. The Hall–Kier alpha value is -6.10. The minimum absolute atomic E-state index is 0.0795. The normalized spacial score (nSPS) is 16.3. The van der Waals surface area contributed by atoms with Gasteiger partial charge in [0.05, 0.1) is 11.2 Å². The van der Waals surface area contributed by atoms with Gasteiger partial charge in [-0.1, -0.05) is 145 Å². The summed E-state index contributed by atoms with van der Waals surface area (Å²) in [5.74, 6) is -0.173. The number of halogens is 1. The molecule has 0 saturated heterocycles. The molecule has 6 aromatic carbocycles. The van der Waals surface area contributed by atoms with E-state index in [1.54, 1.807) is 0 Å². The molecule has 1 atom stereocenters. The van der Waals surface area contributed by atoms with Crippen LogP contribution in [-0.4, -0.2) is 15.5 Å². The molecule has 2 aliphatic heterocycles. The fourth-order valence-electron chi connectivity index (χ4n) is 8.39. The summed E-state index contributed by atoms with van der Waals surface area (Å²) in [5, 5.41) is 6.28. The molecule has 0 aliphatic carbocycles. The first kappa shape index (κ1) is 28.9. The van der Waals surface area contributed by atoms with E-state index in [0.29, 0.717) is 10.6 Å². The van der Waals surface area contributed by atoms with E-state index in [4.69, 9.17) is 11.6 Å². The van der Waals surface area contributed by atoms with Crippen molar-refractivity contribution in [3.8, 4) is 11.1 Å². The fourth-order valence-corrected chi connectivity index (χ4v) is 8.56. The maximum Gasteiger partial charge on any atom is 0.254 e. The molecule has 5 heteroatoms. The van der Waals surface area contributed by atoms with Gasteiger partial charge in [0, 0.05) is 60.8 Å². The molecule has 2 aromatic heterocycles. The molecule has 238 valence electrons. The van der Waals surface area contributed by atoms with Crippen molar-refractivity contribution >= 4 is 44.9 Å². The van der Waals surface area contributed by atoms with E-state index in [1.165, 1.54) is 11.1 Å². The molecule has 0 radical (unpaired) electrons. The van der Waals surface area contributed by atoms with Crippen LogP contribution in [0.4, 0.5) is 0 Å². The number of hydrogen-bond donors (Lipinski definition) is 2. The van der Waals surface area contributed by atoms with Crippen LogP contribution in [0.15, 0.2) is 164 Å². The summed E-state index contributed by atoms with van der Waals surface area (Å²) in [6.45, 7) is 0. The minimum Gasteiger partial charge on any atom is -0.357 e. The van der Waals surface area contributed by atoms with Gasteiger partial charge in [-0.05, 0) is 47.0 Å². The number of fused-ring (bicyclic) bond motifs is 7. The van der Waals surface area contributed by atoms with Gasteiger partial charge in [-0.15, -0.1) is 0 Å². The second kappa shape index (κ2) is 11.0. The lowest BCUT2D eigenvalue weighted by Gasteiger charge is -2.27. The molecule has 10 rings (SSSR count). The topological polar surface area (TPSA) is 49.8 Å². The lowest BCUT2D eigenvalue weighted by atomic mass is 9.83. The number of amides is 1. The van der Waals surface area contributed by atoms with E-state index in [2.05, 4.69) is 142 Å². The van der Waals surface area contributed by atoms with Crippen molar-refractivity contribution in [2.45, 2.75) is 11.6 Å². The van der Waals surface area contributed by atoms with Gasteiger partial charge in [0.2, 0.25) is 0 Å². The number of aromatic amines is 1. The third kappa shape index (κ3) is 4.09. The van der Waals surface area contributed by atoms with E-state index in [0.717, 1.165) is 61.0 Å². The van der Waals surface area contributed by atoms with Gasteiger partial charge in [0.15, 0.2) is 5.66 Å². The van der Waals surface area contributed by atoms with Gasteiger partial charge in [0.1, 0.15) is 0 Å². The lowest BCUT2D eigenvalue weighted by molar-refractivity contribution is 0.0937. The predicted molar refractivity (Wildman–Crippen MR) is 203 cm³/mol. The molecule has 1 spiro atoms. The highest BCUT2D eigenvalue weighted by atomic mass is 35.5. The average molecular weight is 664 g/mol. The van der Waals surface area contributed by atoms with Crippen molar-refractivity contribution in [1.29, 1.82) is 0 Å². The predicted octanol–water partition coefficient (Wildman–Crippen LogP) is 10.5. The highest BCUT2D eigenvalue weighted by Crippen LogP contribution is 2.55. The molecule has 0 saturated carbocycles. The molecule has 4 heterocycles. The Bertz CT molecular complexity index is 2620. The highest BCUT2D eigenvalue weighted by molar-refractivity contribution is 6.31. The first-order valence-corrected chi connectivity index (χ1v) is 17.3.